The van der Waals surface area contributed by atoms with Crippen LogP contribution in [-0.2, 0) is 43.5 Å². The molecule has 178 valence electrons. The van der Waals surface area contributed by atoms with E-state index >= 15 is 0 Å². The minimum Gasteiger partial charge on any atom is -0.368 e. The summed E-state index contributed by atoms with van der Waals surface area (Å²) in [5.74, 6) is -0.840. The molecule has 0 radical (unpaired) electrons. The summed E-state index contributed by atoms with van der Waals surface area (Å²) in [5.41, 5.74) is 3.31. The van der Waals surface area contributed by atoms with E-state index in [0.717, 1.165) is 16.7 Å². The predicted octanol–water partition coefficient (Wildman–Crippen LogP) is 5.28. The van der Waals surface area contributed by atoms with Gasteiger partial charge in [-0.3, -0.25) is 0 Å². The van der Waals surface area contributed by atoms with E-state index < -0.39 is 11.9 Å². The fraction of sp³-hybridized carbons (Fsp3) is 0.379. The smallest absolute Gasteiger partial charge is 0.197 e. The van der Waals surface area contributed by atoms with Crippen LogP contribution in [0.5, 0.6) is 0 Å². The van der Waals surface area contributed by atoms with Crippen molar-refractivity contribution < 1.29 is 23.7 Å². The van der Waals surface area contributed by atoms with Crippen molar-refractivity contribution in [2.75, 3.05) is 6.61 Å². The van der Waals surface area contributed by atoms with Gasteiger partial charge in [0.05, 0.1) is 26.4 Å². The van der Waals surface area contributed by atoms with Gasteiger partial charge in [-0.25, -0.2) is 0 Å². The first-order chi connectivity index (χ1) is 16.8. The second kappa shape index (κ2) is 10.8. The first kappa shape index (κ1) is 23.2. The van der Waals surface area contributed by atoms with Crippen LogP contribution in [0, 0.1) is 0 Å². The number of hydrogen-bond acceptors (Lipinski definition) is 5. The zero-order chi connectivity index (χ0) is 23.2. The van der Waals surface area contributed by atoms with E-state index in [2.05, 4.69) is 43.3 Å². The molecule has 0 N–H and O–H groups in total. The van der Waals surface area contributed by atoms with Crippen LogP contribution in [0.25, 0.3) is 0 Å². The molecule has 2 heterocycles. The molecule has 0 amide bonds. The highest BCUT2D eigenvalue weighted by Gasteiger charge is 2.61. The van der Waals surface area contributed by atoms with Gasteiger partial charge < -0.3 is 23.7 Å². The molecular weight excluding hydrogens is 428 g/mol. The lowest BCUT2D eigenvalue weighted by atomic mass is 9.92. The standard InChI is InChI=1S/C29H32O5/c1-2-29-28(32-20-24-16-10-5-11-17-24)27(31-19-23-14-8-4-9-15-23)26(25(34-29)21-33-29)30-18-22-12-6-3-7-13-22/h3-17,25-28H,2,18-21H2,1H3/t25-,26-,27+,28-,29-/m1/s1. The number of benzene rings is 3. The van der Waals surface area contributed by atoms with Crippen molar-refractivity contribution in [2.45, 2.75) is 63.4 Å². The van der Waals surface area contributed by atoms with Crippen LogP contribution >= 0.6 is 0 Å². The SMILES string of the molecule is CC[C@@]12OC[C@@H](O1)[C@@H](OCc1ccccc1)[C@H](OCc1ccccc1)[C@H]2OCc1ccccc1. The van der Waals surface area contributed by atoms with Crippen LogP contribution in [0.1, 0.15) is 30.0 Å². The van der Waals surface area contributed by atoms with Crippen LogP contribution in [0.15, 0.2) is 91.0 Å². The Morgan fingerprint density at radius 1 is 0.676 bits per heavy atom. The topological polar surface area (TPSA) is 46.2 Å². The third-order valence-corrected chi connectivity index (χ3v) is 6.60. The maximum atomic E-state index is 6.57. The van der Waals surface area contributed by atoms with Gasteiger partial charge >= 0.3 is 0 Å². The Kier molecular flexibility index (Phi) is 7.38. The third kappa shape index (κ3) is 5.09. The molecule has 34 heavy (non-hydrogen) atoms. The predicted molar refractivity (Wildman–Crippen MR) is 129 cm³/mol. The van der Waals surface area contributed by atoms with Crippen molar-refractivity contribution in [3.8, 4) is 0 Å². The lowest BCUT2D eigenvalue weighted by Gasteiger charge is -2.46. The first-order valence-electron chi connectivity index (χ1n) is 12.1. The fourth-order valence-electron chi connectivity index (χ4n) is 4.78. The molecule has 2 saturated heterocycles. The Balaban J connectivity index is 1.40. The zero-order valence-electron chi connectivity index (χ0n) is 19.5. The molecule has 0 aromatic heterocycles. The van der Waals surface area contributed by atoms with Gasteiger partial charge in [0.25, 0.3) is 0 Å². The van der Waals surface area contributed by atoms with Gasteiger partial charge in [-0.05, 0) is 16.7 Å². The van der Waals surface area contributed by atoms with Crippen LogP contribution in [0.2, 0.25) is 0 Å². The summed E-state index contributed by atoms with van der Waals surface area (Å²) >= 11 is 0. The highest BCUT2D eigenvalue weighted by molar-refractivity contribution is 5.16. The third-order valence-electron chi connectivity index (χ3n) is 6.60. The fourth-order valence-corrected chi connectivity index (χ4v) is 4.78. The largest absolute Gasteiger partial charge is 0.368 e. The van der Waals surface area contributed by atoms with Crippen molar-refractivity contribution in [1.82, 2.24) is 0 Å². The van der Waals surface area contributed by atoms with E-state index in [4.69, 9.17) is 23.7 Å². The van der Waals surface area contributed by atoms with E-state index in [1.807, 2.05) is 54.6 Å². The van der Waals surface area contributed by atoms with Crippen molar-refractivity contribution in [2.24, 2.45) is 0 Å². The number of fused-ring (bicyclic) bond motifs is 2. The summed E-state index contributed by atoms with van der Waals surface area (Å²) in [6, 6.07) is 30.5. The number of hydrogen-bond donors (Lipinski definition) is 0. The van der Waals surface area contributed by atoms with Crippen LogP contribution in [0.4, 0.5) is 0 Å². The molecule has 3 aromatic rings. The minimum atomic E-state index is -0.840. The molecule has 0 spiro atoms. The normalized spacial score (nSPS) is 28.1. The molecule has 5 atom stereocenters. The second-order valence-electron chi connectivity index (χ2n) is 8.87. The van der Waals surface area contributed by atoms with E-state index in [1.54, 1.807) is 0 Å². The van der Waals surface area contributed by atoms with E-state index in [9.17, 15) is 0 Å². The minimum absolute atomic E-state index is 0.207. The summed E-state index contributed by atoms with van der Waals surface area (Å²) in [4.78, 5) is 0. The quantitative estimate of drug-likeness (QED) is 0.412. The van der Waals surface area contributed by atoms with Crippen molar-refractivity contribution in [1.29, 1.82) is 0 Å². The van der Waals surface area contributed by atoms with Gasteiger partial charge in [-0.2, -0.15) is 0 Å². The van der Waals surface area contributed by atoms with Crippen molar-refractivity contribution in [3.63, 3.8) is 0 Å². The van der Waals surface area contributed by atoms with Gasteiger partial charge in [-0.1, -0.05) is 97.9 Å². The summed E-state index contributed by atoms with van der Waals surface area (Å²) in [6.07, 6.45) is -0.623. The maximum Gasteiger partial charge on any atom is 0.197 e. The number of ether oxygens (including phenoxy) is 5. The Morgan fingerprint density at radius 3 is 1.65 bits per heavy atom. The summed E-state index contributed by atoms with van der Waals surface area (Å²) < 4.78 is 32.3. The second-order valence-corrected chi connectivity index (χ2v) is 8.87. The molecule has 0 aliphatic carbocycles. The van der Waals surface area contributed by atoms with Crippen LogP contribution < -0.4 is 0 Å². The molecule has 5 nitrogen and oxygen atoms in total. The first-order valence-corrected chi connectivity index (χ1v) is 12.1. The molecule has 0 saturated carbocycles. The summed E-state index contributed by atoms with van der Waals surface area (Å²) in [6.45, 7) is 3.92. The zero-order valence-corrected chi connectivity index (χ0v) is 19.5. The molecule has 5 heteroatoms. The monoisotopic (exact) mass is 460 g/mol. The molecule has 2 aliphatic heterocycles. The van der Waals surface area contributed by atoms with Gasteiger partial charge in [0.15, 0.2) is 5.79 Å². The van der Waals surface area contributed by atoms with Crippen LogP contribution in [0.3, 0.4) is 0 Å². The highest BCUT2D eigenvalue weighted by Crippen LogP contribution is 2.43. The van der Waals surface area contributed by atoms with Gasteiger partial charge in [0, 0.05) is 6.42 Å². The summed E-state index contributed by atoms with van der Waals surface area (Å²) in [7, 11) is 0. The Morgan fingerprint density at radius 2 is 1.15 bits per heavy atom. The van der Waals surface area contributed by atoms with Crippen molar-refractivity contribution >= 4 is 0 Å². The average Bonchev–Trinajstić information content (AvgIpc) is 3.29. The molecule has 2 aliphatic rings. The molecular formula is C29H32O5. The molecule has 2 bridgehead atoms. The van der Waals surface area contributed by atoms with Gasteiger partial charge in [-0.15, -0.1) is 0 Å². The molecule has 3 aromatic carbocycles. The number of rotatable bonds is 10. The van der Waals surface area contributed by atoms with Crippen molar-refractivity contribution in [3.05, 3.63) is 108 Å². The highest BCUT2D eigenvalue weighted by atomic mass is 16.8. The lowest BCUT2D eigenvalue weighted by Crippen LogP contribution is -2.62. The van der Waals surface area contributed by atoms with Gasteiger partial charge in [0.1, 0.15) is 24.4 Å². The lowest BCUT2D eigenvalue weighted by molar-refractivity contribution is -0.322. The Labute approximate surface area is 201 Å². The maximum absolute atomic E-state index is 6.57. The van der Waals surface area contributed by atoms with E-state index in [1.165, 1.54) is 0 Å². The molecule has 0 unspecified atom stereocenters. The average molecular weight is 461 g/mol. The molecule has 2 fully saturated rings. The van der Waals surface area contributed by atoms with Gasteiger partial charge in [0.2, 0.25) is 0 Å². The molecule has 5 rings (SSSR count). The van der Waals surface area contributed by atoms with Crippen LogP contribution in [-0.4, -0.2) is 36.8 Å². The Hall–Kier alpha value is -2.54. The summed E-state index contributed by atoms with van der Waals surface area (Å²) in [5, 5.41) is 0. The van der Waals surface area contributed by atoms with E-state index in [0.29, 0.717) is 32.8 Å². The van der Waals surface area contributed by atoms with E-state index in [-0.39, 0.29) is 18.3 Å². The Bertz CT molecular complexity index is 1010.